The molecule has 0 bridgehead atoms. The van der Waals surface area contributed by atoms with Crippen molar-refractivity contribution in [1.82, 2.24) is 9.55 Å². The monoisotopic (exact) mass is 636 g/mol. The van der Waals surface area contributed by atoms with Gasteiger partial charge in [-0.2, -0.15) is 0 Å². The van der Waals surface area contributed by atoms with E-state index < -0.39 is 0 Å². The van der Waals surface area contributed by atoms with Crippen LogP contribution in [0.25, 0.3) is 105 Å². The Morgan fingerprint density at radius 2 is 1.08 bits per heavy atom. The van der Waals surface area contributed by atoms with E-state index in [1.807, 2.05) is 12.1 Å². The van der Waals surface area contributed by atoms with E-state index in [9.17, 15) is 0 Å². The summed E-state index contributed by atoms with van der Waals surface area (Å²) in [7, 11) is 0. The van der Waals surface area contributed by atoms with Crippen molar-refractivity contribution in [3.8, 4) is 39.3 Å². The smallest absolute Gasteiger partial charge is 0.146 e. The number of aromatic nitrogens is 2. The molecular formula is C47H28N2O. The number of furan rings is 1. The molecule has 0 saturated heterocycles. The highest BCUT2D eigenvalue weighted by atomic mass is 16.3. The summed E-state index contributed by atoms with van der Waals surface area (Å²) in [6.07, 6.45) is 0. The Balaban J connectivity index is 1.13. The normalized spacial score (nSPS) is 12.0. The Kier molecular flexibility index (Phi) is 5.67. The molecule has 9 aromatic carbocycles. The fourth-order valence-corrected chi connectivity index (χ4v) is 8.12. The number of imidazole rings is 1. The van der Waals surface area contributed by atoms with E-state index in [-0.39, 0.29) is 0 Å². The molecule has 50 heavy (non-hydrogen) atoms. The third-order valence-electron chi connectivity index (χ3n) is 10.4. The molecule has 0 saturated carbocycles. The van der Waals surface area contributed by atoms with Gasteiger partial charge >= 0.3 is 0 Å². The van der Waals surface area contributed by atoms with Gasteiger partial charge in [0.2, 0.25) is 0 Å². The van der Waals surface area contributed by atoms with Crippen LogP contribution in [0, 0.1) is 0 Å². The molecule has 3 nitrogen and oxygen atoms in total. The van der Waals surface area contributed by atoms with Crippen molar-refractivity contribution in [2.45, 2.75) is 0 Å². The average molecular weight is 637 g/mol. The maximum absolute atomic E-state index is 6.43. The van der Waals surface area contributed by atoms with E-state index in [1.165, 1.54) is 43.4 Å². The first kappa shape index (κ1) is 27.3. The highest BCUT2D eigenvalue weighted by Crippen LogP contribution is 2.44. The zero-order valence-electron chi connectivity index (χ0n) is 27.0. The average Bonchev–Trinajstić information content (AvgIpc) is 3.76. The fourth-order valence-electron chi connectivity index (χ4n) is 8.12. The molecule has 2 aromatic heterocycles. The Bertz CT molecular complexity index is 3090. The van der Waals surface area contributed by atoms with Gasteiger partial charge in [-0.3, -0.25) is 4.57 Å². The van der Waals surface area contributed by atoms with E-state index >= 15 is 0 Å². The Morgan fingerprint density at radius 1 is 0.440 bits per heavy atom. The lowest BCUT2D eigenvalue weighted by molar-refractivity contribution is 0.670. The predicted molar refractivity (Wildman–Crippen MR) is 208 cm³/mol. The molecule has 0 aliphatic heterocycles. The third kappa shape index (κ3) is 3.89. The topological polar surface area (TPSA) is 31.0 Å². The van der Waals surface area contributed by atoms with Crippen LogP contribution in [0.5, 0.6) is 0 Å². The van der Waals surface area contributed by atoms with Crippen LogP contribution in [0.15, 0.2) is 174 Å². The zero-order chi connectivity index (χ0) is 32.8. The summed E-state index contributed by atoms with van der Waals surface area (Å²) >= 11 is 0. The van der Waals surface area contributed by atoms with E-state index in [4.69, 9.17) is 9.40 Å². The van der Waals surface area contributed by atoms with Crippen LogP contribution in [0.1, 0.15) is 0 Å². The fraction of sp³-hybridized carbons (Fsp3) is 0. The van der Waals surface area contributed by atoms with Crippen LogP contribution in [0.3, 0.4) is 0 Å². The third-order valence-corrected chi connectivity index (χ3v) is 10.4. The highest BCUT2D eigenvalue weighted by Gasteiger charge is 2.20. The van der Waals surface area contributed by atoms with Gasteiger partial charge in [0.1, 0.15) is 17.0 Å². The number of benzene rings is 9. The molecule has 3 heteroatoms. The minimum absolute atomic E-state index is 0.914. The molecule has 0 amide bonds. The molecule has 2 heterocycles. The van der Waals surface area contributed by atoms with Crippen molar-refractivity contribution in [3.05, 3.63) is 170 Å². The standard InChI is InChI=1S/C47H28N2O/c1-2-12-33(13-3-1)49-42-18-6-5-17-41(42)48-47(49)40-27-23-30-21-25-37-34(24-20-29-22-26-38(40)45(30)44(29)37)31-10-8-11-32(28-31)35-15-9-16-39-36-14-4-7-19-43(36)50-46(35)39/h1-28H. The van der Waals surface area contributed by atoms with Crippen LogP contribution >= 0.6 is 0 Å². The van der Waals surface area contributed by atoms with E-state index in [0.29, 0.717) is 0 Å². The first-order valence-corrected chi connectivity index (χ1v) is 17.0. The van der Waals surface area contributed by atoms with E-state index in [0.717, 1.165) is 61.2 Å². The summed E-state index contributed by atoms with van der Waals surface area (Å²) < 4.78 is 8.72. The van der Waals surface area contributed by atoms with Crippen molar-refractivity contribution in [2.24, 2.45) is 0 Å². The number of hydrogen-bond acceptors (Lipinski definition) is 2. The number of para-hydroxylation sites is 5. The first-order chi connectivity index (χ1) is 24.8. The quantitative estimate of drug-likeness (QED) is 0.180. The largest absolute Gasteiger partial charge is 0.455 e. The van der Waals surface area contributed by atoms with Crippen molar-refractivity contribution in [3.63, 3.8) is 0 Å². The Labute approximate surface area is 287 Å². The van der Waals surface area contributed by atoms with Gasteiger partial charge in [0, 0.05) is 27.6 Å². The molecule has 0 radical (unpaired) electrons. The van der Waals surface area contributed by atoms with Gasteiger partial charge in [-0.25, -0.2) is 4.98 Å². The molecule has 0 unspecified atom stereocenters. The summed E-state index contributed by atoms with van der Waals surface area (Å²) in [6, 6.07) is 60.7. The molecule has 232 valence electrons. The molecular weight excluding hydrogens is 609 g/mol. The Hall–Kier alpha value is -6.71. The summed E-state index contributed by atoms with van der Waals surface area (Å²) in [5.74, 6) is 0.947. The molecule has 0 aliphatic carbocycles. The van der Waals surface area contributed by atoms with Crippen LogP contribution in [0.4, 0.5) is 0 Å². The van der Waals surface area contributed by atoms with Gasteiger partial charge < -0.3 is 4.42 Å². The van der Waals surface area contributed by atoms with Crippen molar-refractivity contribution >= 4 is 65.3 Å². The molecule has 11 aromatic rings. The Morgan fingerprint density at radius 3 is 1.92 bits per heavy atom. The van der Waals surface area contributed by atoms with Crippen LogP contribution in [0.2, 0.25) is 0 Å². The van der Waals surface area contributed by atoms with Crippen LogP contribution < -0.4 is 0 Å². The summed E-state index contributed by atoms with van der Waals surface area (Å²) in [5.41, 5.74) is 10.8. The number of nitrogens with zero attached hydrogens (tertiary/aromatic N) is 2. The lowest BCUT2D eigenvalue weighted by Gasteiger charge is -2.17. The van der Waals surface area contributed by atoms with Crippen LogP contribution in [-0.4, -0.2) is 9.55 Å². The molecule has 0 aliphatic rings. The van der Waals surface area contributed by atoms with Crippen molar-refractivity contribution in [2.75, 3.05) is 0 Å². The molecule has 11 rings (SSSR count). The second-order valence-electron chi connectivity index (χ2n) is 13.1. The van der Waals surface area contributed by atoms with Gasteiger partial charge in [0.05, 0.1) is 11.0 Å². The minimum atomic E-state index is 0.914. The number of fused-ring (bicyclic) bond motifs is 4. The first-order valence-electron chi connectivity index (χ1n) is 17.0. The number of rotatable bonds is 4. The molecule has 0 N–H and O–H groups in total. The summed E-state index contributed by atoms with van der Waals surface area (Å²) in [4.78, 5) is 5.24. The van der Waals surface area contributed by atoms with Crippen molar-refractivity contribution < 1.29 is 4.42 Å². The van der Waals surface area contributed by atoms with E-state index in [2.05, 4.69) is 162 Å². The lowest BCUT2D eigenvalue weighted by atomic mass is 9.88. The lowest BCUT2D eigenvalue weighted by Crippen LogP contribution is -1.98. The second-order valence-corrected chi connectivity index (χ2v) is 13.1. The summed E-state index contributed by atoms with van der Waals surface area (Å²) in [6.45, 7) is 0. The molecule has 0 fully saturated rings. The molecule has 0 spiro atoms. The second kappa shape index (κ2) is 10.4. The SMILES string of the molecule is c1ccc(-n2c(-c3ccc4ccc5c(-c6cccc(-c7cccc8c7oc7ccccc78)c6)ccc6ccc3c4c65)nc3ccccc32)cc1. The molecule has 0 atom stereocenters. The van der Waals surface area contributed by atoms with Gasteiger partial charge in [0.15, 0.2) is 0 Å². The predicted octanol–water partition coefficient (Wildman–Crippen LogP) is 12.8. The van der Waals surface area contributed by atoms with Crippen LogP contribution in [-0.2, 0) is 0 Å². The number of hydrogen-bond donors (Lipinski definition) is 0. The van der Waals surface area contributed by atoms with E-state index in [1.54, 1.807) is 0 Å². The summed E-state index contributed by atoms with van der Waals surface area (Å²) in [5, 5.41) is 9.75. The van der Waals surface area contributed by atoms with Crippen molar-refractivity contribution in [1.29, 1.82) is 0 Å². The maximum atomic E-state index is 6.43. The van der Waals surface area contributed by atoms with Gasteiger partial charge in [-0.05, 0) is 91.5 Å². The van der Waals surface area contributed by atoms with Gasteiger partial charge in [0.25, 0.3) is 0 Å². The maximum Gasteiger partial charge on any atom is 0.146 e. The highest BCUT2D eigenvalue weighted by molar-refractivity contribution is 6.27. The minimum Gasteiger partial charge on any atom is -0.455 e. The van der Waals surface area contributed by atoms with Gasteiger partial charge in [-0.1, -0.05) is 127 Å². The van der Waals surface area contributed by atoms with Gasteiger partial charge in [-0.15, -0.1) is 0 Å². The zero-order valence-corrected chi connectivity index (χ0v) is 27.0.